The molecule has 3 aromatic carbocycles. The molecule has 7 nitrogen and oxygen atoms in total. The zero-order valence-corrected chi connectivity index (χ0v) is 17.8. The zero-order chi connectivity index (χ0) is 22.7. The molecule has 0 saturated carbocycles. The first-order valence-corrected chi connectivity index (χ1v) is 10.1. The van der Waals surface area contributed by atoms with Gasteiger partial charge in [-0.1, -0.05) is 35.9 Å². The van der Waals surface area contributed by atoms with Crippen LogP contribution in [-0.2, 0) is 11.4 Å². The van der Waals surface area contributed by atoms with Gasteiger partial charge in [-0.3, -0.25) is 14.9 Å². The van der Waals surface area contributed by atoms with Gasteiger partial charge in [-0.25, -0.2) is 0 Å². The maximum atomic E-state index is 12.8. The van der Waals surface area contributed by atoms with Gasteiger partial charge in [-0.15, -0.1) is 0 Å². The lowest BCUT2D eigenvalue weighted by atomic mass is 10.1. The number of hydrazone groups is 1. The molecule has 1 amide bonds. The van der Waals surface area contributed by atoms with Crippen LogP contribution in [0.3, 0.4) is 0 Å². The Bertz CT molecular complexity index is 1240. The summed E-state index contributed by atoms with van der Waals surface area (Å²) in [5.74, 6) is 0.268. The van der Waals surface area contributed by atoms with Crippen molar-refractivity contribution in [2.45, 2.75) is 13.5 Å². The third-order valence-electron chi connectivity index (χ3n) is 4.87. The Morgan fingerprint density at radius 3 is 2.47 bits per heavy atom. The molecule has 1 heterocycles. The van der Waals surface area contributed by atoms with Crippen LogP contribution in [0.25, 0.3) is 6.08 Å². The molecule has 4 rings (SSSR count). The molecule has 0 aliphatic carbocycles. The molecule has 1 aliphatic rings. The normalized spacial score (nSPS) is 14.6. The first-order valence-electron chi connectivity index (χ1n) is 9.75. The van der Waals surface area contributed by atoms with Crippen LogP contribution >= 0.6 is 11.6 Å². The van der Waals surface area contributed by atoms with E-state index >= 15 is 0 Å². The summed E-state index contributed by atoms with van der Waals surface area (Å²) in [5.41, 5.74) is 3.36. The van der Waals surface area contributed by atoms with Gasteiger partial charge in [0.15, 0.2) is 0 Å². The lowest BCUT2D eigenvalue weighted by Gasteiger charge is -2.11. The fraction of sp³-hybridized carbons (Fsp3) is 0.0833. The molecule has 0 bridgehead atoms. The summed E-state index contributed by atoms with van der Waals surface area (Å²) in [5, 5.41) is 16.9. The van der Waals surface area contributed by atoms with Crippen LogP contribution in [0.5, 0.6) is 5.75 Å². The highest BCUT2D eigenvalue weighted by molar-refractivity contribution is 6.33. The Balaban J connectivity index is 1.47. The predicted molar refractivity (Wildman–Crippen MR) is 124 cm³/mol. The summed E-state index contributed by atoms with van der Waals surface area (Å²) in [4.78, 5) is 23.1. The Hall–Kier alpha value is -3.97. The Kier molecular flexibility index (Phi) is 6.00. The van der Waals surface area contributed by atoms with Gasteiger partial charge in [0.1, 0.15) is 12.4 Å². The molecule has 0 aromatic heterocycles. The largest absolute Gasteiger partial charge is 0.487 e. The monoisotopic (exact) mass is 447 g/mol. The van der Waals surface area contributed by atoms with Gasteiger partial charge in [0.05, 0.1) is 26.9 Å². The SMILES string of the molecule is CC1=NN(c2ccccc2)C(=O)C1=Cc1ccc(OCc2ccc([N+](=O)[O-])cc2)c(Cl)c1. The van der Waals surface area contributed by atoms with E-state index in [-0.39, 0.29) is 18.2 Å². The standard InChI is InChI=1S/C24H18ClN3O4/c1-16-21(24(29)27(26-16)19-5-3-2-4-6-19)13-18-9-12-23(22(25)14-18)32-15-17-7-10-20(11-8-17)28(30)31/h2-14H,15H2,1H3. The highest BCUT2D eigenvalue weighted by atomic mass is 35.5. The molecule has 1 aliphatic heterocycles. The van der Waals surface area contributed by atoms with E-state index in [0.717, 1.165) is 11.1 Å². The first-order chi connectivity index (χ1) is 15.4. The van der Waals surface area contributed by atoms with E-state index in [1.165, 1.54) is 17.1 Å². The molecule has 0 N–H and O–H groups in total. The number of nitro groups is 1. The second-order valence-corrected chi connectivity index (χ2v) is 7.51. The number of halogens is 1. The molecular weight excluding hydrogens is 430 g/mol. The van der Waals surface area contributed by atoms with Gasteiger partial charge < -0.3 is 4.74 Å². The van der Waals surface area contributed by atoms with Gasteiger partial charge in [-0.05, 0) is 60.5 Å². The van der Waals surface area contributed by atoms with Crippen molar-refractivity contribution >= 4 is 40.7 Å². The van der Waals surface area contributed by atoms with Crippen LogP contribution in [0.2, 0.25) is 5.02 Å². The topological polar surface area (TPSA) is 85.0 Å². The lowest BCUT2D eigenvalue weighted by Crippen LogP contribution is -2.21. The lowest BCUT2D eigenvalue weighted by molar-refractivity contribution is -0.384. The minimum absolute atomic E-state index is 0.0234. The van der Waals surface area contributed by atoms with Crippen LogP contribution in [0.4, 0.5) is 11.4 Å². The first kappa shape index (κ1) is 21.3. The number of benzene rings is 3. The molecule has 0 spiro atoms. The molecule has 0 saturated heterocycles. The second kappa shape index (κ2) is 9.03. The maximum Gasteiger partial charge on any atom is 0.280 e. The quantitative estimate of drug-likeness (QED) is 0.278. The number of hydrogen-bond acceptors (Lipinski definition) is 5. The number of para-hydroxylation sites is 1. The van der Waals surface area contributed by atoms with E-state index in [0.29, 0.717) is 27.7 Å². The average Bonchev–Trinajstić information content (AvgIpc) is 3.07. The second-order valence-electron chi connectivity index (χ2n) is 7.10. The summed E-state index contributed by atoms with van der Waals surface area (Å²) in [7, 11) is 0. The highest BCUT2D eigenvalue weighted by Gasteiger charge is 2.28. The number of ether oxygens (including phenoxy) is 1. The summed E-state index contributed by atoms with van der Waals surface area (Å²) in [6, 6.07) is 20.6. The Morgan fingerprint density at radius 2 is 1.81 bits per heavy atom. The number of nitro benzene ring substituents is 1. The maximum absolute atomic E-state index is 12.8. The van der Waals surface area contributed by atoms with E-state index in [2.05, 4.69) is 5.10 Å². The zero-order valence-electron chi connectivity index (χ0n) is 17.1. The molecule has 8 heteroatoms. The van der Waals surface area contributed by atoms with E-state index in [1.807, 2.05) is 30.3 Å². The minimum Gasteiger partial charge on any atom is -0.487 e. The molecular formula is C24H18ClN3O4. The fourth-order valence-corrected chi connectivity index (χ4v) is 3.44. The van der Waals surface area contributed by atoms with Crippen LogP contribution in [-0.4, -0.2) is 16.5 Å². The van der Waals surface area contributed by atoms with Gasteiger partial charge in [0, 0.05) is 12.1 Å². The van der Waals surface area contributed by atoms with Crippen LogP contribution in [0, 0.1) is 10.1 Å². The van der Waals surface area contributed by atoms with Crippen LogP contribution in [0.15, 0.2) is 83.5 Å². The Labute approximate surface area is 189 Å². The highest BCUT2D eigenvalue weighted by Crippen LogP contribution is 2.29. The number of nitrogens with zero attached hydrogens (tertiary/aromatic N) is 3. The summed E-state index contributed by atoms with van der Waals surface area (Å²) in [6.45, 7) is 2.00. The van der Waals surface area contributed by atoms with Crippen molar-refractivity contribution in [2.24, 2.45) is 5.10 Å². The number of amides is 1. The Morgan fingerprint density at radius 1 is 1.09 bits per heavy atom. The average molecular weight is 448 g/mol. The molecule has 160 valence electrons. The number of carbonyl (C=O) groups is 1. The van der Waals surface area contributed by atoms with Gasteiger partial charge in [0.25, 0.3) is 11.6 Å². The van der Waals surface area contributed by atoms with E-state index < -0.39 is 4.92 Å². The van der Waals surface area contributed by atoms with Crippen molar-refractivity contribution in [1.82, 2.24) is 0 Å². The van der Waals surface area contributed by atoms with Crippen LogP contribution < -0.4 is 9.75 Å². The number of anilines is 1. The van der Waals surface area contributed by atoms with Crippen molar-refractivity contribution < 1.29 is 14.5 Å². The van der Waals surface area contributed by atoms with E-state index in [4.69, 9.17) is 16.3 Å². The number of rotatable bonds is 6. The summed E-state index contributed by atoms with van der Waals surface area (Å²) < 4.78 is 5.74. The molecule has 0 unspecified atom stereocenters. The van der Waals surface area contributed by atoms with Crippen molar-refractivity contribution in [3.05, 3.63) is 105 Å². The van der Waals surface area contributed by atoms with E-state index in [9.17, 15) is 14.9 Å². The fourth-order valence-electron chi connectivity index (χ4n) is 3.19. The predicted octanol–water partition coefficient (Wildman–Crippen LogP) is 5.63. The molecule has 0 fully saturated rings. The summed E-state index contributed by atoms with van der Waals surface area (Å²) >= 11 is 6.38. The van der Waals surface area contributed by atoms with Gasteiger partial charge in [-0.2, -0.15) is 10.1 Å². The number of hydrogen-bond donors (Lipinski definition) is 0. The van der Waals surface area contributed by atoms with Crippen molar-refractivity contribution in [2.75, 3.05) is 5.01 Å². The minimum atomic E-state index is -0.449. The molecule has 0 radical (unpaired) electrons. The van der Waals surface area contributed by atoms with Gasteiger partial charge >= 0.3 is 0 Å². The molecule has 0 atom stereocenters. The van der Waals surface area contributed by atoms with E-state index in [1.54, 1.807) is 43.3 Å². The van der Waals surface area contributed by atoms with Gasteiger partial charge in [0.2, 0.25) is 0 Å². The number of non-ortho nitro benzene ring substituents is 1. The molecule has 32 heavy (non-hydrogen) atoms. The van der Waals surface area contributed by atoms with Crippen LogP contribution in [0.1, 0.15) is 18.1 Å². The van der Waals surface area contributed by atoms with Crippen molar-refractivity contribution in [3.8, 4) is 5.75 Å². The van der Waals surface area contributed by atoms with Crippen molar-refractivity contribution in [1.29, 1.82) is 0 Å². The number of carbonyl (C=O) groups excluding carboxylic acids is 1. The third-order valence-corrected chi connectivity index (χ3v) is 5.17. The third kappa shape index (κ3) is 4.53. The smallest absolute Gasteiger partial charge is 0.280 e. The molecule has 3 aromatic rings. The summed E-state index contributed by atoms with van der Waals surface area (Å²) in [6.07, 6.45) is 1.75. The van der Waals surface area contributed by atoms with Crippen molar-refractivity contribution in [3.63, 3.8) is 0 Å².